The molecule has 62 heavy (non-hydrogen) atoms. The summed E-state index contributed by atoms with van der Waals surface area (Å²) in [7, 11) is -4.46. The maximum atomic E-state index is 16.6. The largest absolute Gasteiger partial charge is 0.465 e. The van der Waals surface area contributed by atoms with Gasteiger partial charge in [0.15, 0.2) is 0 Å². The number of benzene rings is 3. The molecule has 16 heteroatoms. The number of amides is 3. The molecule has 8 atom stereocenters. The molecule has 12 nitrogen and oxygen atoms in total. The monoisotopic (exact) mass is 901 g/mol. The Bertz CT molecular complexity index is 2440. The van der Waals surface area contributed by atoms with Crippen molar-refractivity contribution in [3.05, 3.63) is 99.9 Å². The van der Waals surface area contributed by atoms with Crippen LogP contribution in [0.1, 0.15) is 104 Å². The molecule has 4 aliphatic rings. The Balaban J connectivity index is 0.992. The zero-order valence-electron chi connectivity index (χ0n) is 34.6. The number of rotatable bonds is 13. The minimum Gasteiger partial charge on any atom is -0.465 e. The normalized spacial score (nSPS) is 24.9. The van der Waals surface area contributed by atoms with Gasteiger partial charge in [0.05, 0.1) is 29.0 Å². The Labute approximate surface area is 369 Å². The van der Waals surface area contributed by atoms with Crippen LogP contribution >= 0.6 is 30.5 Å². The number of alkyl halides is 1. The molecule has 0 bridgehead atoms. The third-order valence-corrected chi connectivity index (χ3v) is 16.2. The van der Waals surface area contributed by atoms with Crippen LogP contribution in [0.25, 0.3) is 10.1 Å². The van der Waals surface area contributed by atoms with E-state index in [0.29, 0.717) is 52.2 Å². The van der Waals surface area contributed by atoms with E-state index in [-0.39, 0.29) is 47.6 Å². The van der Waals surface area contributed by atoms with Crippen molar-refractivity contribution in [1.82, 2.24) is 20.2 Å². The molecule has 3 aromatic carbocycles. The molecule has 1 saturated carbocycles. The average Bonchev–Trinajstić information content (AvgIpc) is 3.59. The number of likely N-dealkylation sites (tertiary alicyclic amines) is 1. The Morgan fingerprint density at radius 3 is 2.53 bits per heavy atom. The highest BCUT2D eigenvalue weighted by molar-refractivity contribution is 7.57. The molecule has 1 spiro atoms. The molecule has 3 saturated heterocycles. The van der Waals surface area contributed by atoms with Crippen molar-refractivity contribution in [3.63, 3.8) is 0 Å². The number of nitrogens with zero attached hydrogens (tertiary/aromatic N) is 3. The predicted octanol–water partition coefficient (Wildman–Crippen LogP) is 9.06. The number of thiophene rings is 1. The molecule has 326 valence electrons. The SMILES string of the molecule is CCCOC(=O)[C@H](C)NP(=O)(Oc1ccccc1)[C@@H](F)c1ccc2sc(C(=O)N[C@H]3CCCC[C@H]4CC[C@@H](C(=O)N5C[C@H](c6cccc(Cl)c6)[C@@H](C#N)C56CC6)N4C3=O)cc2c1. The highest BCUT2D eigenvalue weighted by Crippen LogP contribution is 2.59. The third kappa shape index (κ3) is 8.61. The number of hydrogen-bond donors (Lipinski definition) is 2. The fourth-order valence-electron chi connectivity index (χ4n) is 9.55. The summed E-state index contributed by atoms with van der Waals surface area (Å²) in [5, 5.41) is 17.0. The van der Waals surface area contributed by atoms with E-state index in [0.717, 1.165) is 37.7 Å². The fourth-order valence-corrected chi connectivity index (χ4v) is 12.6. The van der Waals surface area contributed by atoms with Gasteiger partial charge in [0.25, 0.3) is 5.91 Å². The number of esters is 1. The maximum absolute atomic E-state index is 16.6. The van der Waals surface area contributed by atoms with Crippen LogP contribution in [0.15, 0.2) is 78.9 Å². The predicted molar refractivity (Wildman–Crippen MR) is 235 cm³/mol. The molecular formula is C46H50ClFN5O7PS. The van der Waals surface area contributed by atoms with Gasteiger partial charge in [-0.3, -0.25) is 23.7 Å². The van der Waals surface area contributed by atoms with Crippen molar-refractivity contribution in [2.45, 2.75) is 113 Å². The van der Waals surface area contributed by atoms with Crippen LogP contribution in [-0.4, -0.2) is 76.3 Å². The first-order valence-electron chi connectivity index (χ1n) is 21.4. The number of ether oxygens (including phenoxy) is 1. The van der Waals surface area contributed by atoms with Crippen LogP contribution < -0.4 is 14.9 Å². The van der Waals surface area contributed by atoms with E-state index < -0.39 is 49.0 Å². The van der Waals surface area contributed by atoms with Gasteiger partial charge in [-0.2, -0.15) is 5.26 Å². The maximum Gasteiger partial charge on any atom is 0.355 e. The van der Waals surface area contributed by atoms with Gasteiger partial charge >= 0.3 is 13.5 Å². The fraction of sp³-hybridized carbons (Fsp3) is 0.457. The molecule has 0 radical (unpaired) electrons. The summed E-state index contributed by atoms with van der Waals surface area (Å²) in [5.74, 6) is -4.24. The Morgan fingerprint density at radius 1 is 1.03 bits per heavy atom. The summed E-state index contributed by atoms with van der Waals surface area (Å²) in [4.78, 5) is 59.7. The number of nitrogens with one attached hydrogen (secondary N) is 2. The summed E-state index contributed by atoms with van der Waals surface area (Å²) >= 11 is 7.52. The van der Waals surface area contributed by atoms with Crippen LogP contribution in [0.5, 0.6) is 5.75 Å². The van der Waals surface area contributed by atoms with Crippen LogP contribution in [0.2, 0.25) is 5.02 Å². The molecule has 2 N–H and O–H groups in total. The molecule has 3 aliphatic heterocycles. The Morgan fingerprint density at radius 2 is 1.81 bits per heavy atom. The summed E-state index contributed by atoms with van der Waals surface area (Å²) in [6.45, 7) is 3.80. The lowest BCUT2D eigenvalue weighted by atomic mass is 9.85. The first-order chi connectivity index (χ1) is 29.9. The molecule has 8 rings (SSSR count). The first kappa shape index (κ1) is 43.8. The van der Waals surface area contributed by atoms with E-state index in [9.17, 15) is 29.0 Å². The molecular weight excluding hydrogens is 852 g/mol. The molecule has 1 unspecified atom stereocenters. The molecule has 3 amide bonds. The van der Waals surface area contributed by atoms with Gasteiger partial charge in [0.1, 0.15) is 23.9 Å². The van der Waals surface area contributed by atoms with Gasteiger partial charge in [-0.15, -0.1) is 11.3 Å². The lowest BCUT2D eigenvalue weighted by Crippen LogP contribution is -2.57. The summed E-state index contributed by atoms with van der Waals surface area (Å²) in [6, 6.07) is 21.5. The highest BCUT2D eigenvalue weighted by Gasteiger charge is 2.64. The third-order valence-electron chi connectivity index (χ3n) is 12.8. The van der Waals surface area contributed by atoms with E-state index in [4.69, 9.17) is 20.9 Å². The number of fused-ring (bicyclic) bond motifs is 2. The number of halogens is 2. The van der Waals surface area contributed by atoms with E-state index in [2.05, 4.69) is 16.5 Å². The number of para-hydroxylation sites is 1. The van der Waals surface area contributed by atoms with Gasteiger partial charge in [-0.25, -0.2) is 9.48 Å². The number of hydrogen-bond acceptors (Lipinski definition) is 9. The summed E-state index contributed by atoms with van der Waals surface area (Å²) in [5.41, 5.74) is 0.370. The van der Waals surface area contributed by atoms with Crippen molar-refractivity contribution >= 4 is 64.2 Å². The van der Waals surface area contributed by atoms with Gasteiger partial charge in [0, 0.05) is 28.2 Å². The van der Waals surface area contributed by atoms with E-state index in [1.54, 1.807) is 41.3 Å². The summed E-state index contributed by atoms with van der Waals surface area (Å²) in [6.07, 6.45) is 5.96. The minimum atomic E-state index is -4.46. The van der Waals surface area contributed by atoms with Crippen molar-refractivity contribution < 1.29 is 37.4 Å². The topological polar surface area (TPSA) is 158 Å². The zero-order valence-corrected chi connectivity index (χ0v) is 37.1. The number of nitriles is 1. The molecule has 4 fully saturated rings. The standard InChI is InChI=1S/C46H50ClFN5O7PS/c1-3-22-59-45(57)28(2)51-61(58,60-34-13-5-4-6-14-34)41(48)30-16-19-39-31(23-30)25-40(62-39)42(54)50-37-15-8-7-12-33-17-18-38(53(33)43(37)55)44(56)52-27-35(29-10-9-11-32(47)24-29)36(26-49)46(52)20-21-46/h4-6,9-11,13-14,16,19,23-25,28,33,35-38,41H,3,7-8,12,15,17-18,20-22,27H2,1-2H3,(H,50,54)(H,51,58)/t28-,33-,35+,36+,37-,38-,41+,61?/m0/s1. The molecule has 4 aromatic rings. The van der Waals surface area contributed by atoms with Crippen molar-refractivity contribution in [1.29, 1.82) is 5.26 Å². The van der Waals surface area contributed by atoms with Crippen LogP contribution in [0.3, 0.4) is 0 Å². The summed E-state index contributed by atoms with van der Waals surface area (Å²) < 4.78 is 42.5. The highest BCUT2D eigenvalue weighted by atomic mass is 35.5. The van der Waals surface area contributed by atoms with Gasteiger partial charge in [-0.1, -0.05) is 67.8 Å². The molecule has 4 heterocycles. The lowest BCUT2D eigenvalue weighted by molar-refractivity contribution is -0.148. The van der Waals surface area contributed by atoms with Crippen LogP contribution in [-0.2, 0) is 23.7 Å². The first-order valence-corrected chi connectivity index (χ1v) is 24.3. The second-order valence-electron chi connectivity index (χ2n) is 16.9. The van der Waals surface area contributed by atoms with Gasteiger partial charge in [-0.05, 0) is 111 Å². The molecule has 1 aliphatic carbocycles. The average molecular weight is 902 g/mol. The smallest absolute Gasteiger partial charge is 0.355 e. The van der Waals surface area contributed by atoms with Crippen molar-refractivity contribution in [2.75, 3.05) is 13.2 Å². The van der Waals surface area contributed by atoms with Gasteiger partial charge < -0.3 is 24.4 Å². The number of carbonyl (C=O) groups is 4. The Kier molecular flexibility index (Phi) is 12.8. The van der Waals surface area contributed by atoms with E-state index in [1.807, 2.05) is 30.0 Å². The quantitative estimate of drug-likeness (QED) is 0.0987. The minimum absolute atomic E-state index is 0.0140. The second-order valence-corrected chi connectivity index (χ2v) is 20.5. The van der Waals surface area contributed by atoms with E-state index >= 15 is 4.39 Å². The molecule has 1 aromatic heterocycles. The number of carbonyl (C=O) groups excluding carboxylic acids is 4. The van der Waals surface area contributed by atoms with Crippen LogP contribution in [0.4, 0.5) is 4.39 Å². The van der Waals surface area contributed by atoms with Crippen LogP contribution in [0, 0.1) is 17.2 Å². The lowest BCUT2D eigenvalue weighted by Gasteiger charge is -2.37. The van der Waals surface area contributed by atoms with Crippen molar-refractivity contribution in [3.8, 4) is 11.8 Å². The van der Waals surface area contributed by atoms with Gasteiger partial charge in [0.2, 0.25) is 17.7 Å². The van der Waals surface area contributed by atoms with Crippen molar-refractivity contribution in [2.24, 2.45) is 5.92 Å². The zero-order chi connectivity index (χ0) is 43.8. The second kappa shape index (κ2) is 18.1. The Hall–Kier alpha value is -4.80. The van der Waals surface area contributed by atoms with E-state index in [1.165, 1.54) is 42.5 Å².